The van der Waals surface area contributed by atoms with E-state index in [-0.39, 0.29) is 5.84 Å². The summed E-state index contributed by atoms with van der Waals surface area (Å²) >= 11 is 0. The second kappa shape index (κ2) is 6.06. The number of rotatable bonds is 4. The molecule has 0 radical (unpaired) electrons. The van der Waals surface area contributed by atoms with Gasteiger partial charge in [0, 0.05) is 6.20 Å². The number of para-hydroxylation sites is 1. The SMILES string of the molecule is CC(C)c1ccccc1Oc1cccnc1/C(N)=N/O. The molecule has 0 atom stereocenters. The standard InChI is InChI=1S/C15H17N3O2/c1-10(2)11-6-3-4-7-12(11)20-13-8-5-9-17-14(13)15(16)18-19/h3-10,19H,1-2H3,(H2,16,18). The molecule has 20 heavy (non-hydrogen) atoms. The van der Waals surface area contributed by atoms with E-state index in [1.165, 1.54) is 0 Å². The number of aromatic nitrogens is 1. The van der Waals surface area contributed by atoms with Crippen LogP contribution in [0.5, 0.6) is 11.5 Å². The third-order valence-electron chi connectivity index (χ3n) is 2.88. The van der Waals surface area contributed by atoms with Gasteiger partial charge in [-0.05, 0) is 29.7 Å². The van der Waals surface area contributed by atoms with E-state index in [1.54, 1.807) is 18.3 Å². The summed E-state index contributed by atoms with van der Waals surface area (Å²) < 4.78 is 5.89. The second-order valence-corrected chi connectivity index (χ2v) is 4.63. The third-order valence-corrected chi connectivity index (χ3v) is 2.88. The van der Waals surface area contributed by atoms with Crippen LogP contribution in [0.2, 0.25) is 0 Å². The molecule has 2 rings (SSSR count). The summed E-state index contributed by atoms with van der Waals surface area (Å²) in [5.41, 5.74) is 7.00. The molecule has 1 aromatic carbocycles. The molecular formula is C15H17N3O2. The highest BCUT2D eigenvalue weighted by Crippen LogP contribution is 2.31. The Bertz CT molecular complexity index is 624. The van der Waals surface area contributed by atoms with E-state index in [4.69, 9.17) is 15.7 Å². The normalized spacial score (nSPS) is 11.7. The van der Waals surface area contributed by atoms with Crippen molar-refractivity contribution in [2.75, 3.05) is 0 Å². The van der Waals surface area contributed by atoms with Crippen LogP contribution in [0.4, 0.5) is 0 Å². The fourth-order valence-corrected chi connectivity index (χ4v) is 1.88. The Balaban J connectivity index is 2.41. The summed E-state index contributed by atoms with van der Waals surface area (Å²) in [6.45, 7) is 4.19. The van der Waals surface area contributed by atoms with Crippen molar-refractivity contribution in [3.8, 4) is 11.5 Å². The first kappa shape index (κ1) is 13.9. The van der Waals surface area contributed by atoms with Gasteiger partial charge in [0.1, 0.15) is 5.75 Å². The minimum atomic E-state index is -0.0809. The average molecular weight is 271 g/mol. The van der Waals surface area contributed by atoms with E-state index in [9.17, 15) is 0 Å². The first-order valence-corrected chi connectivity index (χ1v) is 6.33. The molecule has 0 aliphatic rings. The predicted octanol–water partition coefficient (Wildman–Crippen LogP) is 3.09. The van der Waals surface area contributed by atoms with Gasteiger partial charge < -0.3 is 15.7 Å². The van der Waals surface area contributed by atoms with E-state index in [2.05, 4.69) is 24.0 Å². The lowest BCUT2D eigenvalue weighted by atomic mass is 10.0. The number of hydrogen-bond donors (Lipinski definition) is 2. The first-order chi connectivity index (χ1) is 9.63. The number of nitrogens with two attached hydrogens (primary N) is 1. The first-order valence-electron chi connectivity index (χ1n) is 6.33. The lowest BCUT2D eigenvalue weighted by Gasteiger charge is -2.14. The Morgan fingerprint density at radius 3 is 2.60 bits per heavy atom. The summed E-state index contributed by atoms with van der Waals surface area (Å²) in [6, 6.07) is 11.2. The Labute approximate surface area is 117 Å². The van der Waals surface area contributed by atoms with Gasteiger partial charge in [0.05, 0.1) is 0 Å². The maximum atomic E-state index is 8.79. The highest BCUT2D eigenvalue weighted by Gasteiger charge is 2.13. The van der Waals surface area contributed by atoms with Crippen LogP contribution in [0.3, 0.4) is 0 Å². The Morgan fingerprint density at radius 1 is 1.20 bits per heavy atom. The molecule has 0 amide bonds. The van der Waals surface area contributed by atoms with Crippen LogP contribution < -0.4 is 10.5 Å². The molecule has 0 aliphatic heterocycles. The van der Waals surface area contributed by atoms with Crippen LogP contribution in [0.15, 0.2) is 47.8 Å². The monoisotopic (exact) mass is 271 g/mol. The van der Waals surface area contributed by atoms with E-state index < -0.39 is 0 Å². The smallest absolute Gasteiger partial charge is 0.192 e. The minimum Gasteiger partial charge on any atom is -0.455 e. The Hall–Kier alpha value is -2.56. The lowest BCUT2D eigenvalue weighted by molar-refractivity contribution is 0.318. The van der Waals surface area contributed by atoms with Gasteiger partial charge in [0.25, 0.3) is 0 Å². The van der Waals surface area contributed by atoms with Crippen molar-refractivity contribution >= 4 is 5.84 Å². The van der Waals surface area contributed by atoms with E-state index >= 15 is 0 Å². The predicted molar refractivity (Wildman–Crippen MR) is 77.4 cm³/mol. The summed E-state index contributed by atoms with van der Waals surface area (Å²) in [7, 11) is 0. The summed E-state index contributed by atoms with van der Waals surface area (Å²) in [5, 5.41) is 11.8. The molecule has 0 fully saturated rings. The van der Waals surface area contributed by atoms with Crippen LogP contribution >= 0.6 is 0 Å². The van der Waals surface area contributed by atoms with Gasteiger partial charge >= 0.3 is 0 Å². The number of nitrogens with zero attached hydrogens (tertiary/aromatic N) is 2. The van der Waals surface area contributed by atoms with Crippen molar-refractivity contribution in [1.29, 1.82) is 0 Å². The van der Waals surface area contributed by atoms with Crippen molar-refractivity contribution in [3.05, 3.63) is 53.9 Å². The van der Waals surface area contributed by atoms with Gasteiger partial charge in [-0.15, -0.1) is 0 Å². The van der Waals surface area contributed by atoms with Crippen molar-refractivity contribution in [1.82, 2.24) is 4.98 Å². The molecule has 2 aromatic rings. The maximum Gasteiger partial charge on any atom is 0.192 e. The number of oxime groups is 1. The van der Waals surface area contributed by atoms with Crippen molar-refractivity contribution < 1.29 is 9.94 Å². The van der Waals surface area contributed by atoms with Crippen LogP contribution in [0.1, 0.15) is 31.0 Å². The molecule has 5 nitrogen and oxygen atoms in total. The zero-order valence-corrected chi connectivity index (χ0v) is 11.4. The molecule has 1 heterocycles. The molecule has 0 unspecified atom stereocenters. The van der Waals surface area contributed by atoms with Crippen LogP contribution in [-0.4, -0.2) is 16.0 Å². The number of hydrogen-bond acceptors (Lipinski definition) is 4. The Morgan fingerprint density at radius 2 is 1.90 bits per heavy atom. The zero-order valence-electron chi connectivity index (χ0n) is 11.4. The molecule has 0 aliphatic carbocycles. The molecular weight excluding hydrogens is 254 g/mol. The van der Waals surface area contributed by atoms with Gasteiger partial charge in [-0.1, -0.05) is 37.2 Å². The lowest BCUT2D eigenvalue weighted by Crippen LogP contribution is -2.16. The van der Waals surface area contributed by atoms with Crippen molar-refractivity contribution in [2.24, 2.45) is 10.9 Å². The van der Waals surface area contributed by atoms with Gasteiger partial charge in [-0.25, -0.2) is 4.98 Å². The van der Waals surface area contributed by atoms with Crippen LogP contribution in [-0.2, 0) is 0 Å². The average Bonchev–Trinajstić information content (AvgIpc) is 2.47. The topological polar surface area (TPSA) is 80.7 Å². The van der Waals surface area contributed by atoms with Gasteiger partial charge in [-0.3, -0.25) is 0 Å². The van der Waals surface area contributed by atoms with Gasteiger partial charge in [-0.2, -0.15) is 0 Å². The fraction of sp³-hybridized carbons (Fsp3) is 0.200. The summed E-state index contributed by atoms with van der Waals surface area (Å²) in [5.74, 6) is 1.44. The van der Waals surface area contributed by atoms with E-state index in [0.717, 1.165) is 11.3 Å². The van der Waals surface area contributed by atoms with Crippen LogP contribution in [0.25, 0.3) is 0 Å². The molecule has 5 heteroatoms. The minimum absolute atomic E-state index is 0.0809. The van der Waals surface area contributed by atoms with Crippen molar-refractivity contribution in [3.63, 3.8) is 0 Å². The molecule has 104 valence electrons. The number of amidine groups is 1. The van der Waals surface area contributed by atoms with Crippen LogP contribution in [0, 0.1) is 0 Å². The van der Waals surface area contributed by atoms with Gasteiger partial charge in [0.2, 0.25) is 0 Å². The van der Waals surface area contributed by atoms with E-state index in [0.29, 0.717) is 17.4 Å². The molecule has 0 bridgehead atoms. The highest BCUT2D eigenvalue weighted by molar-refractivity contribution is 5.97. The molecule has 0 saturated heterocycles. The fourth-order valence-electron chi connectivity index (χ4n) is 1.88. The number of benzene rings is 1. The third kappa shape index (κ3) is 2.88. The number of ether oxygens (including phenoxy) is 1. The maximum absolute atomic E-state index is 8.79. The van der Waals surface area contributed by atoms with Gasteiger partial charge in [0.15, 0.2) is 17.3 Å². The molecule has 1 aromatic heterocycles. The zero-order chi connectivity index (χ0) is 14.5. The molecule has 0 saturated carbocycles. The highest BCUT2D eigenvalue weighted by atomic mass is 16.5. The molecule has 3 N–H and O–H groups in total. The summed E-state index contributed by atoms with van der Waals surface area (Å²) in [6.07, 6.45) is 1.56. The molecule has 0 spiro atoms. The largest absolute Gasteiger partial charge is 0.455 e. The second-order valence-electron chi connectivity index (χ2n) is 4.63. The quantitative estimate of drug-likeness (QED) is 0.387. The number of pyridine rings is 1. The Kier molecular flexibility index (Phi) is 4.20. The van der Waals surface area contributed by atoms with Crippen molar-refractivity contribution in [2.45, 2.75) is 19.8 Å². The van der Waals surface area contributed by atoms with E-state index in [1.807, 2.05) is 24.3 Å². The summed E-state index contributed by atoms with van der Waals surface area (Å²) in [4.78, 5) is 4.08.